The van der Waals surface area contributed by atoms with E-state index in [0.717, 1.165) is 47.4 Å². The molecule has 1 aromatic carbocycles. The number of anilines is 1. The number of aromatic amines is 1. The molecule has 26 heavy (non-hydrogen) atoms. The maximum absolute atomic E-state index is 6.16. The average molecular weight is 347 g/mol. The molecule has 0 saturated carbocycles. The first kappa shape index (κ1) is 15.0. The van der Waals surface area contributed by atoms with Gasteiger partial charge in [0.2, 0.25) is 0 Å². The van der Waals surface area contributed by atoms with Crippen molar-refractivity contribution in [3.8, 4) is 5.75 Å². The van der Waals surface area contributed by atoms with Crippen LogP contribution in [-0.4, -0.2) is 49.1 Å². The van der Waals surface area contributed by atoms with E-state index >= 15 is 0 Å². The minimum Gasteiger partial charge on any atom is -0.491 e. The van der Waals surface area contributed by atoms with Gasteiger partial charge in [-0.05, 0) is 25.0 Å². The van der Waals surface area contributed by atoms with Gasteiger partial charge in [0.05, 0.1) is 23.3 Å². The SMILES string of the molecule is c1cc(OC[C@H]2CCCN2c2ncnc3nc[nH]c23)c2cncnc2c1. The third kappa shape index (κ3) is 2.50. The lowest BCUT2D eigenvalue weighted by atomic mass is 10.2. The number of rotatable bonds is 4. The summed E-state index contributed by atoms with van der Waals surface area (Å²) in [5, 5.41) is 0.928. The maximum Gasteiger partial charge on any atom is 0.182 e. The van der Waals surface area contributed by atoms with Gasteiger partial charge in [0.1, 0.15) is 30.5 Å². The minimum absolute atomic E-state index is 0.247. The van der Waals surface area contributed by atoms with Gasteiger partial charge >= 0.3 is 0 Å². The third-order valence-electron chi connectivity index (χ3n) is 4.79. The molecule has 5 rings (SSSR count). The molecule has 0 aliphatic carbocycles. The second-order valence-corrected chi connectivity index (χ2v) is 6.31. The lowest BCUT2D eigenvalue weighted by Gasteiger charge is -2.26. The van der Waals surface area contributed by atoms with Gasteiger partial charge in [0.15, 0.2) is 11.5 Å². The Morgan fingerprint density at radius 1 is 1.15 bits per heavy atom. The highest BCUT2D eigenvalue weighted by Crippen LogP contribution is 2.29. The molecular formula is C18H17N7O. The standard InChI is InChI=1S/C18H17N7O/c1-4-14-13(7-19-9-20-14)15(5-1)26-8-12-3-2-6-25(12)18-16-17(22-10-21-16)23-11-24-18/h1,4-5,7,9-12H,2-3,6,8H2,(H,21,22,23,24)/t12-/m1/s1. The zero-order valence-electron chi connectivity index (χ0n) is 14.0. The Hall–Kier alpha value is -3.29. The number of aromatic nitrogens is 6. The van der Waals surface area contributed by atoms with Crippen molar-refractivity contribution in [3.63, 3.8) is 0 Å². The second-order valence-electron chi connectivity index (χ2n) is 6.31. The number of ether oxygens (including phenoxy) is 1. The van der Waals surface area contributed by atoms with E-state index < -0.39 is 0 Å². The normalized spacial score (nSPS) is 17.2. The summed E-state index contributed by atoms with van der Waals surface area (Å²) in [4.78, 5) is 26.7. The predicted molar refractivity (Wildman–Crippen MR) is 97.1 cm³/mol. The Kier molecular flexibility index (Phi) is 3.59. The molecule has 8 heteroatoms. The van der Waals surface area contributed by atoms with Crippen LogP contribution < -0.4 is 9.64 Å². The van der Waals surface area contributed by atoms with E-state index in [0.29, 0.717) is 12.3 Å². The Bertz CT molecular complexity index is 1060. The van der Waals surface area contributed by atoms with Gasteiger partial charge < -0.3 is 14.6 Å². The van der Waals surface area contributed by atoms with Gasteiger partial charge in [-0.2, -0.15) is 0 Å². The molecule has 1 fully saturated rings. The fourth-order valence-electron chi connectivity index (χ4n) is 3.55. The van der Waals surface area contributed by atoms with Crippen molar-refractivity contribution >= 4 is 27.9 Å². The van der Waals surface area contributed by atoms with Crippen LogP contribution in [0.25, 0.3) is 22.1 Å². The third-order valence-corrected chi connectivity index (χ3v) is 4.79. The van der Waals surface area contributed by atoms with Gasteiger partial charge in [0, 0.05) is 12.7 Å². The molecule has 3 aromatic heterocycles. The largest absolute Gasteiger partial charge is 0.491 e. The summed E-state index contributed by atoms with van der Waals surface area (Å²) in [5.74, 6) is 1.70. The molecule has 1 N–H and O–H groups in total. The van der Waals surface area contributed by atoms with E-state index in [-0.39, 0.29) is 6.04 Å². The number of H-pyrrole nitrogens is 1. The number of benzene rings is 1. The van der Waals surface area contributed by atoms with Crippen molar-refractivity contribution in [1.29, 1.82) is 0 Å². The van der Waals surface area contributed by atoms with Crippen molar-refractivity contribution in [2.75, 3.05) is 18.1 Å². The van der Waals surface area contributed by atoms with Gasteiger partial charge in [-0.1, -0.05) is 6.07 Å². The van der Waals surface area contributed by atoms with E-state index in [1.807, 2.05) is 18.2 Å². The molecule has 0 spiro atoms. The molecular weight excluding hydrogens is 330 g/mol. The fourth-order valence-corrected chi connectivity index (χ4v) is 3.55. The summed E-state index contributed by atoms with van der Waals surface area (Å²) in [6.45, 7) is 1.52. The molecule has 4 aromatic rings. The highest BCUT2D eigenvalue weighted by atomic mass is 16.5. The summed E-state index contributed by atoms with van der Waals surface area (Å²) in [5.41, 5.74) is 2.45. The van der Waals surface area contributed by atoms with Crippen LogP contribution in [0, 0.1) is 0 Å². The van der Waals surface area contributed by atoms with Crippen LogP contribution in [0.5, 0.6) is 5.75 Å². The van der Waals surface area contributed by atoms with Crippen molar-refractivity contribution in [2.45, 2.75) is 18.9 Å². The summed E-state index contributed by atoms with van der Waals surface area (Å²) >= 11 is 0. The number of nitrogens with one attached hydrogen (secondary N) is 1. The predicted octanol–water partition coefficient (Wildman–Crippen LogP) is 2.34. The summed E-state index contributed by atoms with van der Waals surface area (Å²) < 4.78 is 6.16. The van der Waals surface area contributed by atoms with Crippen molar-refractivity contribution < 1.29 is 4.74 Å². The number of hydrogen-bond acceptors (Lipinski definition) is 7. The van der Waals surface area contributed by atoms with Gasteiger partial charge in [-0.15, -0.1) is 0 Å². The van der Waals surface area contributed by atoms with E-state index in [1.54, 1.807) is 25.2 Å². The molecule has 130 valence electrons. The molecule has 1 aliphatic rings. The number of imidazole rings is 1. The van der Waals surface area contributed by atoms with Gasteiger partial charge in [-0.25, -0.2) is 24.9 Å². The van der Waals surface area contributed by atoms with Crippen LogP contribution in [0.15, 0.2) is 43.4 Å². The lowest BCUT2D eigenvalue weighted by Crippen LogP contribution is -2.35. The minimum atomic E-state index is 0.247. The average Bonchev–Trinajstić information content (AvgIpc) is 3.35. The Labute approximate surface area is 149 Å². The molecule has 8 nitrogen and oxygen atoms in total. The summed E-state index contributed by atoms with van der Waals surface area (Å²) in [6, 6.07) is 6.12. The molecule has 1 saturated heterocycles. The zero-order chi connectivity index (χ0) is 17.3. The van der Waals surface area contributed by atoms with Crippen molar-refractivity contribution in [3.05, 3.63) is 43.4 Å². The molecule has 0 unspecified atom stereocenters. The van der Waals surface area contributed by atoms with Crippen LogP contribution in [0.4, 0.5) is 5.82 Å². The first-order chi connectivity index (χ1) is 12.9. The smallest absolute Gasteiger partial charge is 0.182 e. The van der Waals surface area contributed by atoms with E-state index in [4.69, 9.17) is 4.74 Å². The van der Waals surface area contributed by atoms with Gasteiger partial charge in [0.25, 0.3) is 0 Å². The van der Waals surface area contributed by atoms with Crippen molar-refractivity contribution in [1.82, 2.24) is 29.9 Å². The van der Waals surface area contributed by atoms with Crippen molar-refractivity contribution in [2.24, 2.45) is 0 Å². The quantitative estimate of drug-likeness (QED) is 0.605. The molecule has 1 aliphatic heterocycles. The number of nitrogens with zero attached hydrogens (tertiary/aromatic N) is 6. The first-order valence-corrected chi connectivity index (χ1v) is 8.62. The second kappa shape index (κ2) is 6.21. The highest BCUT2D eigenvalue weighted by Gasteiger charge is 2.28. The molecule has 4 heterocycles. The van der Waals surface area contributed by atoms with Crippen LogP contribution in [0.1, 0.15) is 12.8 Å². The molecule has 0 amide bonds. The lowest BCUT2D eigenvalue weighted by molar-refractivity contribution is 0.291. The first-order valence-electron chi connectivity index (χ1n) is 8.62. The summed E-state index contributed by atoms with van der Waals surface area (Å²) in [7, 11) is 0. The Morgan fingerprint density at radius 3 is 3.15 bits per heavy atom. The van der Waals surface area contributed by atoms with Gasteiger partial charge in [-0.3, -0.25) is 0 Å². The topological polar surface area (TPSA) is 92.7 Å². The van der Waals surface area contributed by atoms with Crippen LogP contribution in [-0.2, 0) is 0 Å². The fraction of sp³-hybridized carbons (Fsp3) is 0.278. The monoisotopic (exact) mass is 347 g/mol. The number of hydrogen-bond donors (Lipinski definition) is 1. The molecule has 1 atom stereocenters. The molecule has 0 radical (unpaired) electrons. The Balaban J connectivity index is 1.40. The molecule has 0 bridgehead atoms. The number of fused-ring (bicyclic) bond motifs is 2. The zero-order valence-corrected chi connectivity index (χ0v) is 14.0. The van der Waals surface area contributed by atoms with Crippen LogP contribution in [0.3, 0.4) is 0 Å². The van der Waals surface area contributed by atoms with E-state index in [1.165, 1.54) is 0 Å². The van der Waals surface area contributed by atoms with E-state index in [2.05, 4.69) is 34.8 Å². The van der Waals surface area contributed by atoms with E-state index in [9.17, 15) is 0 Å². The Morgan fingerprint density at radius 2 is 2.15 bits per heavy atom. The highest BCUT2D eigenvalue weighted by molar-refractivity contribution is 5.84. The maximum atomic E-state index is 6.16. The summed E-state index contributed by atoms with van der Waals surface area (Å²) in [6.07, 6.45) is 8.72. The van der Waals surface area contributed by atoms with Crippen LogP contribution in [0.2, 0.25) is 0 Å². The van der Waals surface area contributed by atoms with Crippen LogP contribution >= 0.6 is 0 Å².